The molecule has 0 radical (unpaired) electrons. The van der Waals surface area contributed by atoms with Gasteiger partial charge in [0.15, 0.2) is 0 Å². The van der Waals surface area contributed by atoms with Crippen LogP contribution in [-0.2, 0) is 6.61 Å². The minimum Gasteiger partial charge on any atom is -0.489 e. The van der Waals surface area contributed by atoms with E-state index in [2.05, 4.69) is 31.2 Å². The lowest BCUT2D eigenvalue weighted by atomic mass is 10.2. The molecule has 126 valence electrons. The Hall–Kier alpha value is -2.58. The Morgan fingerprint density at radius 2 is 1.92 bits per heavy atom. The van der Waals surface area contributed by atoms with Gasteiger partial charge in [-0.3, -0.25) is 9.89 Å². The standard InChI is InChI=1S/C17H13BrN4O2S/c18-14-5-1-13(2-6-14)11-24-15-7-3-12(4-8-15)9-20-22-16(23)10-19-21-17(22)25/h1-10H,11H2,(H,21,25)/b20-9+. The molecule has 3 rings (SSSR count). The topological polar surface area (TPSA) is 72.3 Å². The van der Waals surface area contributed by atoms with Crippen LogP contribution in [0.5, 0.6) is 5.75 Å². The maximum atomic E-state index is 11.6. The molecule has 0 aliphatic rings. The third kappa shape index (κ3) is 4.71. The van der Waals surface area contributed by atoms with E-state index < -0.39 is 5.56 Å². The molecule has 0 bridgehead atoms. The number of benzene rings is 2. The van der Waals surface area contributed by atoms with Crippen molar-refractivity contribution >= 4 is 34.4 Å². The van der Waals surface area contributed by atoms with Crippen molar-refractivity contribution in [1.29, 1.82) is 0 Å². The zero-order valence-electron chi connectivity index (χ0n) is 12.9. The highest BCUT2D eigenvalue weighted by Gasteiger charge is 1.98. The summed E-state index contributed by atoms with van der Waals surface area (Å²) in [6.07, 6.45) is 2.66. The highest BCUT2D eigenvalue weighted by atomic mass is 79.9. The summed E-state index contributed by atoms with van der Waals surface area (Å²) in [6.45, 7) is 0.488. The number of rotatable bonds is 5. The van der Waals surface area contributed by atoms with Crippen LogP contribution in [0.3, 0.4) is 0 Å². The molecule has 0 unspecified atom stereocenters. The van der Waals surface area contributed by atoms with E-state index in [9.17, 15) is 4.79 Å². The quantitative estimate of drug-likeness (QED) is 0.509. The van der Waals surface area contributed by atoms with Gasteiger partial charge in [0, 0.05) is 4.47 Å². The van der Waals surface area contributed by atoms with Gasteiger partial charge in [0.1, 0.15) is 18.6 Å². The number of halogens is 1. The van der Waals surface area contributed by atoms with Crippen LogP contribution in [0.15, 0.2) is 69.1 Å². The van der Waals surface area contributed by atoms with Crippen molar-refractivity contribution in [3.63, 3.8) is 0 Å². The summed E-state index contributed by atoms with van der Waals surface area (Å²) in [5.74, 6) is 0.749. The van der Waals surface area contributed by atoms with E-state index in [4.69, 9.17) is 17.0 Å². The molecule has 8 heteroatoms. The molecule has 0 aliphatic carbocycles. The van der Waals surface area contributed by atoms with Crippen molar-refractivity contribution in [3.05, 3.63) is 85.5 Å². The van der Waals surface area contributed by atoms with E-state index in [0.29, 0.717) is 6.61 Å². The van der Waals surface area contributed by atoms with Crippen LogP contribution in [-0.4, -0.2) is 21.1 Å². The third-order valence-corrected chi connectivity index (χ3v) is 4.05. The van der Waals surface area contributed by atoms with Gasteiger partial charge < -0.3 is 4.74 Å². The minimum atomic E-state index is -0.394. The van der Waals surface area contributed by atoms with Crippen LogP contribution in [0.25, 0.3) is 0 Å². The fraction of sp³-hybridized carbons (Fsp3) is 0.0588. The summed E-state index contributed by atoms with van der Waals surface area (Å²) >= 11 is 8.38. The van der Waals surface area contributed by atoms with Gasteiger partial charge in [-0.1, -0.05) is 28.1 Å². The number of ether oxygens (including phenoxy) is 1. The Bertz CT molecular complexity index is 966. The molecule has 0 atom stereocenters. The van der Waals surface area contributed by atoms with Gasteiger partial charge in [-0.25, -0.2) is 0 Å². The van der Waals surface area contributed by atoms with Crippen molar-refractivity contribution in [1.82, 2.24) is 14.9 Å². The molecule has 1 heterocycles. The number of hydrogen-bond acceptors (Lipinski definition) is 5. The molecule has 2 aromatic carbocycles. The fourth-order valence-electron chi connectivity index (χ4n) is 1.98. The lowest BCUT2D eigenvalue weighted by Crippen LogP contribution is -2.18. The van der Waals surface area contributed by atoms with Crippen LogP contribution >= 0.6 is 28.1 Å². The molecule has 0 aliphatic heterocycles. The van der Waals surface area contributed by atoms with Crippen molar-refractivity contribution in [2.45, 2.75) is 6.61 Å². The number of aromatic amines is 1. The molecule has 6 nitrogen and oxygen atoms in total. The van der Waals surface area contributed by atoms with E-state index in [1.165, 1.54) is 0 Å². The van der Waals surface area contributed by atoms with Crippen molar-refractivity contribution in [3.8, 4) is 5.75 Å². The molecule has 0 saturated heterocycles. The van der Waals surface area contributed by atoms with Crippen LogP contribution in [0.1, 0.15) is 11.1 Å². The Kier molecular flexibility index (Phi) is 5.52. The van der Waals surface area contributed by atoms with Crippen LogP contribution in [0, 0.1) is 4.77 Å². The highest BCUT2D eigenvalue weighted by molar-refractivity contribution is 9.10. The third-order valence-electron chi connectivity index (χ3n) is 3.26. The lowest BCUT2D eigenvalue weighted by molar-refractivity contribution is 0.306. The Morgan fingerprint density at radius 1 is 1.20 bits per heavy atom. The van der Waals surface area contributed by atoms with Crippen molar-refractivity contribution in [2.75, 3.05) is 0 Å². The van der Waals surface area contributed by atoms with Crippen molar-refractivity contribution < 1.29 is 4.74 Å². The average molecular weight is 417 g/mol. The normalized spacial score (nSPS) is 10.9. The second-order valence-corrected chi connectivity index (χ2v) is 6.36. The zero-order valence-corrected chi connectivity index (χ0v) is 15.3. The molecule has 0 saturated carbocycles. The SMILES string of the molecule is O=c1cn[nH]c(=S)n1/N=C/c1ccc(OCc2ccc(Br)cc2)cc1. The van der Waals surface area contributed by atoms with Gasteiger partial charge in [0.25, 0.3) is 5.56 Å². The molecule has 1 aromatic heterocycles. The van der Waals surface area contributed by atoms with E-state index >= 15 is 0 Å². The minimum absolute atomic E-state index is 0.137. The first-order valence-corrected chi connectivity index (χ1v) is 8.50. The maximum absolute atomic E-state index is 11.6. The molecule has 25 heavy (non-hydrogen) atoms. The average Bonchev–Trinajstić information content (AvgIpc) is 2.62. The number of aromatic nitrogens is 3. The number of H-pyrrole nitrogens is 1. The molecule has 3 aromatic rings. The number of hydrogen-bond donors (Lipinski definition) is 1. The number of nitrogens with zero attached hydrogens (tertiary/aromatic N) is 3. The lowest BCUT2D eigenvalue weighted by Gasteiger charge is -2.06. The smallest absolute Gasteiger partial charge is 0.293 e. The summed E-state index contributed by atoms with van der Waals surface area (Å²) < 4.78 is 7.99. The van der Waals surface area contributed by atoms with Crippen LogP contribution in [0.2, 0.25) is 0 Å². The summed E-state index contributed by atoms with van der Waals surface area (Å²) in [6, 6.07) is 15.3. The van der Waals surface area contributed by atoms with Gasteiger partial charge in [-0.05, 0) is 59.7 Å². The zero-order chi connectivity index (χ0) is 17.6. The predicted molar refractivity (Wildman–Crippen MR) is 102 cm³/mol. The Labute approximate surface area is 156 Å². The van der Waals surface area contributed by atoms with E-state index in [1.54, 1.807) is 6.21 Å². The van der Waals surface area contributed by atoms with Gasteiger partial charge >= 0.3 is 0 Å². The largest absolute Gasteiger partial charge is 0.489 e. The van der Waals surface area contributed by atoms with Crippen molar-refractivity contribution in [2.24, 2.45) is 5.10 Å². The summed E-state index contributed by atoms with van der Waals surface area (Å²) in [5, 5.41) is 10.2. The number of nitrogens with one attached hydrogen (secondary N) is 1. The second kappa shape index (κ2) is 8.00. The van der Waals surface area contributed by atoms with Gasteiger partial charge in [-0.2, -0.15) is 14.9 Å². The molecule has 0 fully saturated rings. The van der Waals surface area contributed by atoms with Gasteiger partial charge in [0.2, 0.25) is 4.77 Å². The van der Waals surface area contributed by atoms with E-state index in [1.807, 2.05) is 48.5 Å². The van der Waals surface area contributed by atoms with Gasteiger partial charge in [0.05, 0.1) is 6.21 Å². The molecule has 1 N–H and O–H groups in total. The molecular formula is C17H13BrN4O2S. The summed E-state index contributed by atoms with van der Waals surface area (Å²) in [5.41, 5.74) is 1.50. The van der Waals surface area contributed by atoms with E-state index in [-0.39, 0.29) is 4.77 Å². The molecule has 0 amide bonds. The first-order valence-electron chi connectivity index (χ1n) is 7.30. The highest BCUT2D eigenvalue weighted by Crippen LogP contribution is 2.15. The first-order chi connectivity index (χ1) is 12.1. The Morgan fingerprint density at radius 3 is 2.60 bits per heavy atom. The first kappa shape index (κ1) is 17.2. The predicted octanol–water partition coefficient (Wildman–Crippen LogP) is 3.52. The second-order valence-electron chi connectivity index (χ2n) is 5.05. The van der Waals surface area contributed by atoms with Crippen LogP contribution < -0.4 is 10.3 Å². The maximum Gasteiger partial charge on any atom is 0.293 e. The summed E-state index contributed by atoms with van der Waals surface area (Å²) in [7, 11) is 0. The van der Waals surface area contributed by atoms with Gasteiger partial charge in [-0.15, -0.1) is 0 Å². The summed E-state index contributed by atoms with van der Waals surface area (Å²) in [4.78, 5) is 11.6. The molecule has 0 spiro atoms. The monoisotopic (exact) mass is 416 g/mol. The molecular weight excluding hydrogens is 404 g/mol. The van der Waals surface area contributed by atoms with E-state index in [0.717, 1.165) is 32.2 Å². The van der Waals surface area contributed by atoms with Crippen LogP contribution in [0.4, 0.5) is 0 Å². The Balaban J connectivity index is 1.66. The fourth-order valence-corrected chi connectivity index (χ4v) is 2.43.